The fraction of sp³-hybridized carbons (Fsp3) is 0.333. The molecular weight excluding hydrogens is 320 g/mol. The second kappa shape index (κ2) is 6.04. The number of esters is 1. The molecule has 0 bridgehead atoms. The fourth-order valence-corrected chi connectivity index (χ4v) is 3.46. The number of carbonyl (C=O) groups is 2. The molecule has 1 amide bonds. The van der Waals surface area contributed by atoms with Gasteiger partial charge >= 0.3 is 5.97 Å². The van der Waals surface area contributed by atoms with E-state index >= 15 is 0 Å². The summed E-state index contributed by atoms with van der Waals surface area (Å²) in [5.74, 6) is -0.579. The van der Waals surface area contributed by atoms with E-state index in [0.717, 1.165) is 4.91 Å². The van der Waals surface area contributed by atoms with E-state index in [2.05, 4.69) is 0 Å². The Balaban J connectivity index is 1.67. The van der Waals surface area contributed by atoms with Crippen molar-refractivity contribution < 1.29 is 19.2 Å². The molecule has 8 heteroatoms. The molecule has 23 heavy (non-hydrogen) atoms. The van der Waals surface area contributed by atoms with Crippen molar-refractivity contribution in [3.63, 3.8) is 0 Å². The molecule has 0 aliphatic carbocycles. The van der Waals surface area contributed by atoms with Gasteiger partial charge in [-0.25, -0.2) is 4.79 Å². The Kier molecular flexibility index (Phi) is 4.08. The molecule has 0 saturated carbocycles. The SMILES string of the molecule is CSC1=C(C(=O)OCc2ccc([N+](=O)[O-])cc2)N2C(=O)CC2C1. The first-order valence-corrected chi connectivity index (χ1v) is 8.23. The van der Waals surface area contributed by atoms with Crippen LogP contribution in [-0.4, -0.2) is 34.0 Å². The maximum Gasteiger partial charge on any atom is 0.356 e. The van der Waals surface area contributed by atoms with Gasteiger partial charge in [0.1, 0.15) is 12.3 Å². The Labute approximate surface area is 136 Å². The van der Waals surface area contributed by atoms with Gasteiger partial charge in [0.25, 0.3) is 5.69 Å². The third-order valence-electron chi connectivity index (χ3n) is 3.93. The highest BCUT2D eigenvalue weighted by atomic mass is 32.2. The second-order valence-corrected chi connectivity index (χ2v) is 6.20. The predicted octanol–water partition coefficient (Wildman–Crippen LogP) is 2.22. The quantitative estimate of drug-likeness (QED) is 0.355. The molecule has 0 spiro atoms. The summed E-state index contributed by atoms with van der Waals surface area (Å²) >= 11 is 1.46. The number of thioether (sulfide) groups is 1. The van der Waals surface area contributed by atoms with E-state index in [1.165, 1.54) is 28.8 Å². The number of amides is 1. The maximum absolute atomic E-state index is 12.3. The van der Waals surface area contributed by atoms with Gasteiger partial charge in [-0.05, 0) is 24.0 Å². The number of nitro groups is 1. The van der Waals surface area contributed by atoms with Crippen molar-refractivity contribution in [1.29, 1.82) is 0 Å². The van der Waals surface area contributed by atoms with Crippen molar-refractivity contribution in [2.24, 2.45) is 0 Å². The molecule has 2 heterocycles. The van der Waals surface area contributed by atoms with Gasteiger partial charge < -0.3 is 9.64 Å². The minimum absolute atomic E-state index is 0.00862. The van der Waals surface area contributed by atoms with Crippen LogP contribution in [0.3, 0.4) is 0 Å². The normalized spacial score (nSPS) is 19.4. The van der Waals surface area contributed by atoms with Crippen molar-refractivity contribution in [3.05, 3.63) is 50.5 Å². The molecule has 1 atom stereocenters. The van der Waals surface area contributed by atoms with Crippen molar-refractivity contribution in [3.8, 4) is 0 Å². The zero-order valence-electron chi connectivity index (χ0n) is 12.4. The van der Waals surface area contributed by atoms with E-state index in [0.29, 0.717) is 24.1 Å². The molecule has 2 aliphatic rings. The van der Waals surface area contributed by atoms with E-state index < -0.39 is 10.9 Å². The van der Waals surface area contributed by atoms with Crippen LogP contribution in [-0.2, 0) is 20.9 Å². The van der Waals surface area contributed by atoms with Gasteiger partial charge in [0, 0.05) is 29.9 Å². The summed E-state index contributed by atoms with van der Waals surface area (Å²) in [5, 5.41) is 10.6. The van der Waals surface area contributed by atoms with E-state index in [1.54, 1.807) is 12.1 Å². The van der Waals surface area contributed by atoms with E-state index in [4.69, 9.17) is 4.74 Å². The minimum atomic E-state index is -0.525. The number of rotatable bonds is 5. The minimum Gasteiger partial charge on any atom is -0.456 e. The summed E-state index contributed by atoms with van der Waals surface area (Å²) < 4.78 is 5.27. The predicted molar refractivity (Wildman–Crippen MR) is 83.3 cm³/mol. The zero-order valence-corrected chi connectivity index (χ0v) is 13.2. The van der Waals surface area contributed by atoms with Gasteiger partial charge in [0.2, 0.25) is 5.91 Å². The van der Waals surface area contributed by atoms with E-state index in [9.17, 15) is 19.7 Å². The number of nitrogens with zero attached hydrogens (tertiary/aromatic N) is 2. The Morgan fingerprint density at radius 3 is 2.65 bits per heavy atom. The summed E-state index contributed by atoms with van der Waals surface area (Å²) in [7, 11) is 0. The van der Waals surface area contributed by atoms with Crippen LogP contribution in [0, 0.1) is 10.1 Å². The standard InChI is InChI=1S/C15H14N2O5S/c1-23-12-6-11-7-13(18)16(11)14(12)15(19)22-8-9-2-4-10(5-3-9)17(20)21/h2-5,11H,6-8H2,1H3. The van der Waals surface area contributed by atoms with E-state index in [1.807, 2.05) is 6.26 Å². The Hall–Kier alpha value is -2.35. The smallest absolute Gasteiger partial charge is 0.356 e. The number of non-ortho nitro benzene ring substituents is 1. The van der Waals surface area contributed by atoms with Crippen molar-refractivity contribution >= 4 is 29.3 Å². The number of nitro benzene ring substituents is 1. The first-order chi connectivity index (χ1) is 11.0. The molecule has 1 aromatic carbocycles. The zero-order chi connectivity index (χ0) is 16.6. The number of hydrogen-bond donors (Lipinski definition) is 0. The number of ether oxygens (including phenoxy) is 1. The van der Waals surface area contributed by atoms with Crippen LogP contribution in [0.25, 0.3) is 0 Å². The monoisotopic (exact) mass is 334 g/mol. The summed E-state index contributed by atoms with van der Waals surface area (Å²) in [6.45, 7) is 0.00862. The Bertz CT molecular complexity index is 713. The lowest BCUT2D eigenvalue weighted by Gasteiger charge is -2.35. The second-order valence-electron chi connectivity index (χ2n) is 5.30. The highest BCUT2D eigenvalue weighted by Crippen LogP contribution is 2.42. The number of carbonyl (C=O) groups excluding carboxylic acids is 2. The molecule has 1 fully saturated rings. The van der Waals surface area contributed by atoms with Crippen LogP contribution in [0.2, 0.25) is 0 Å². The average molecular weight is 334 g/mol. The molecule has 0 N–H and O–H groups in total. The topological polar surface area (TPSA) is 89.8 Å². The first-order valence-electron chi connectivity index (χ1n) is 7.01. The van der Waals surface area contributed by atoms with Gasteiger partial charge in [0.15, 0.2) is 0 Å². The summed E-state index contributed by atoms with van der Waals surface area (Å²) in [5.41, 5.74) is 0.984. The lowest BCUT2D eigenvalue weighted by molar-refractivity contribution is -0.384. The van der Waals surface area contributed by atoms with Gasteiger partial charge in [-0.3, -0.25) is 14.9 Å². The Morgan fingerprint density at radius 2 is 2.09 bits per heavy atom. The summed E-state index contributed by atoms with van der Waals surface area (Å²) in [6.07, 6.45) is 3.05. The number of hydrogen-bond acceptors (Lipinski definition) is 6. The summed E-state index contributed by atoms with van der Waals surface area (Å²) in [6, 6.07) is 5.90. The van der Waals surface area contributed by atoms with Crippen molar-refractivity contribution in [1.82, 2.24) is 4.90 Å². The molecule has 3 rings (SSSR count). The third kappa shape index (κ3) is 2.81. The lowest BCUT2D eigenvalue weighted by Crippen LogP contribution is -2.49. The number of β-lactam (4-membered cyclic amide) rings is 1. The molecule has 2 aliphatic heterocycles. The average Bonchev–Trinajstić information content (AvgIpc) is 2.85. The highest BCUT2D eigenvalue weighted by Gasteiger charge is 2.47. The molecule has 1 aromatic rings. The van der Waals surface area contributed by atoms with Gasteiger partial charge in [-0.1, -0.05) is 0 Å². The lowest BCUT2D eigenvalue weighted by atomic mass is 10.0. The van der Waals surface area contributed by atoms with Crippen LogP contribution in [0.5, 0.6) is 0 Å². The van der Waals surface area contributed by atoms with Gasteiger partial charge in [-0.15, -0.1) is 11.8 Å². The fourth-order valence-electron chi connectivity index (χ4n) is 2.72. The van der Waals surface area contributed by atoms with Crippen LogP contribution in [0.1, 0.15) is 18.4 Å². The van der Waals surface area contributed by atoms with Crippen LogP contribution in [0.4, 0.5) is 5.69 Å². The molecule has 120 valence electrons. The highest BCUT2D eigenvalue weighted by molar-refractivity contribution is 8.02. The van der Waals surface area contributed by atoms with Crippen LogP contribution < -0.4 is 0 Å². The summed E-state index contributed by atoms with van der Waals surface area (Å²) in [4.78, 5) is 36.5. The number of fused-ring (bicyclic) bond motifs is 1. The molecule has 1 saturated heterocycles. The Morgan fingerprint density at radius 1 is 1.39 bits per heavy atom. The molecule has 0 radical (unpaired) electrons. The van der Waals surface area contributed by atoms with Gasteiger partial charge in [0.05, 0.1) is 11.0 Å². The maximum atomic E-state index is 12.3. The molecule has 7 nitrogen and oxygen atoms in total. The number of benzene rings is 1. The van der Waals surface area contributed by atoms with Crippen LogP contribution in [0.15, 0.2) is 34.9 Å². The van der Waals surface area contributed by atoms with Crippen molar-refractivity contribution in [2.45, 2.75) is 25.5 Å². The third-order valence-corrected chi connectivity index (χ3v) is 4.78. The van der Waals surface area contributed by atoms with E-state index in [-0.39, 0.29) is 24.2 Å². The molecular formula is C15H14N2O5S. The largest absolute Gasteiger partial charge is 0.456 e. The molecule has 1 unspecified atom stereocenters. The first kappa shape index (κ1) is 15.5. The molecule has 0 aromatic heterocycles. The van der Waals surface area contributed by atoms with Gasteiger partial charge in [-0.2, -0.15) is 0 Å². The van der Waals surface area contributed by atoms with Crippen molar-refractivity contribution in [2.75, 3.05) is 6.26 Å². The van der Waals surface area contributed by atoms with Crippen LogP contribution >= 0.6 is 11.8 Å².